The van der Waals surface area contributed by atoms with E-state index in [4.69, 9.17) is 25.9 Å². The maximum atomic E-state index is 12.7. The zero-order chi connectivity index (χ0) is 30.2. The summed E-state index contributed by atoms with van der Waals surface area (Å²) in [5, 5.41) is 21.7. The predicted molar refractivity (Wildman–Crippen MR) is 165 cm³/mol. The van der Waals surface area contributed by atoms with Gasteiger partial charge in [0.05, 0.1) is 12.9 Å². The largest absolute Gasteiger partial charge is 0.516 e. The number of fused-ring (bicyclic) bond motifs is 1. The first-order valence-corrected chi connectivity index (χ1v) is 13.3. The van der Waals surface area contributed by atoms with Crippen molar-refractivity contribution in [1.29, 1.82) is 0 Å². The molecule has 2 aromatic carbocycles. The van der Waals surface area contributed by atoms with Crippen LogP contribution < -0.4 is 5.32 Å². The topological polar surface area (TPSA) is 109 Å². The van der Waals surface area contributed by atoms with Crippen molar-refractivity contribution >= 4 is 40.0 Å². The van der Waals surface area contributed by atoms with Crippen molar-refractivity contribution in [1.82, 2.24) is 5.32 Å². The number of nitrogens with one attached hydrogen (secondary N) is 1. The number of aliphatic hydroxyl groups is 1. The Morgan fingerprint density at radius 2 is 1.88 bits per heavy atom. The van der Waals surface area contributed by atoms with Crippen LogP contribution in [0.1, 0.15) is 41.4 Å². The summed E-state index contributed by atoms with van der Waals surface area (Å²) in [6, 6.07) is 15.3. The fourth-order valence-corrected chi connectivity index (χ4v) is 3.74. The van der Waals surface area contributed by atoms with Gasteiger partial charge in [0.25, 0.3) is 5.91 Å². The normalized spacial score (nSPS) is 12.5. The van der Waals surface area contributed by atoms with E-state index in [0.717, 1.165) is 40.3 Å². The SMILES string of the molecule is C=C(/C=C\O)CCOC.C=C/C(Cl)=C\C/C=C(\C)c1ccc2oc(C(=O)NC(Cc3ccccc3)C(=O)O)cc2c1. The lowest BCUT2D eigenvalue weighted by molar-refractivity contribution is -0.139. The lowest BCUT2D eigenvalue weighted by atomic mass is 10.0. The Morgan fingerprint density at radius 3 is 2.51 bits per heavy atom. The zero-order valence-corrected chi connectivity index (χ0v) is 24.1. The van der Waals surface area contributed by atoms with E-state index < -0.39 is 17.9 Å². The maximum Gasteiger partial charge on any atom is 0.326 e. The van der Waals surface area contributed by atoms with Gasteiger partial charge in [-0.15, -0.1) is 0 Å². The number of hydrogen-bond acceptors (Lipinski definition) is 5. The van der Waals surface area contributed by atoms with Gasteiger partial charge in [-0.25, -0.2) is 4.79 Å². The minimum absolute atomic E-state index is 0.0683. The van der Waals surface area contributed by atoms with Crippen molar-refractivity contribution in [2.24, 2.45) is 0 Å². The molecule has 0 bridgehead atoms. The van der Waals surface area contributed by atoms with Crippen LogP contribution in [0.15, 0.2) is 113 Å². The molecule has 0 saturated carbocycles. The summed E-state index contributed by atoms with van der Waals surface area (Å²) >= 11 is 5.93. The quantitative estimate of drug-likeness (QED) is 0.142. The molecule has 1 atom stereocenters. The van der Waals surface area contributed by atoms with Crippen LogP contribution in [0.5, 0.6) is 0 Å². The number of rotatable bonds is 13. The molecule has 3 aromatic rings. The molecule has 0 radical (unpaired) electrons. The first-order chi connectivity index (χ1) is 19.7. The van der Waals surface area contributed by atoms with Crippen LogP contribution in [0.4, 0.5) is 0 Å². The first kappa shape index (κ1) is 32.9. The number of ether oxygens (including phenoxy) is 1. The van der Waals surface area contributed by atoms with E-state index in [1.54, 1.807) is 31.4 Å². The third-order valence-corrected chi connectivity index (χ3v) is 6.26. The maximum absolute atomic E-state index is 12.7. The van der Waals surface area contributed by atoms with Crippen LogP contribution in [0.2, 0.25) is 0 Å². The summed E-state index contributed by atoms with van der Waals surface area (Å²) in [5.74, 6) is -1.60. The molecule has 1 amide bonds. The minimum atomic E-state index is -1.10. The number of aliphatic carboxylic acids is 1. The van der Waals surface area contributed by atoms with Crippen LogP contribution in [0.3, 0.4) is 0 Å². The summed E-state index contributed by atoms with van der Waals surface area (Å²) < 4.78 is 10.4. The van der Waals surface area contributed by atoms with Gasteiger partial charge in [-0.05, 0) is 66.3 Å². The summed E-state index contributed by atoms with van der Waals surface area (Å²) in [6.07, 6.45) is 9.66. The highest BCUT2D eigenvalue weighted by Crippen LogP contribution is 2.25. The Morgan fingerprint density at radius 1 is 1.15 bits per heavy atom. The Bertz CT molecular complexity index is 1420. The molecular formula is C33H36ClNO6. The Kier molecular flexibility index (Phi) is 13.9. The van der Waals surface area contributed by atoms with Gasteiger partial charge >= 0.3 is 5.97 Å². The number of amides is 1. The molecule has 7 nitrogen and oxygen atoms in total. The van der Waals surface area contributed by atoms with E-state index in [-0.39, 0.29) is 12.2 Å². The second-order valence-corrected chi connectivity index (χ2v) is 9.49. The van der Waals surface area contributed by atoms with Crippen LogP contribution in [0.25, 0.3) is 16.5 Å². The second-order valence-electron chi connectivity index (χ2n) is 9.05. The number of aliphatic hydroxyl groups excluding tert-OH is 1. The number of carboxylic acids is 1. The molecule has 1 aromatic heterocycles. The van der Waals surface area contributed by atoms with Gasteiger partial charge in [0.1, 0.15) is 11.6 Å². The molecule has 216 valence electrons. The fraction of sp³-hybridized carbons (Fsp3) is 0.212. The number of furan rings is 1. The fourth-order valence-electron chi connectivity index (χ4n) is 3.65. The van der Waals surface area contributed by atoms with E-state index >= 15 is 0 Å². The molecule has 1 unspecified atom stereocenters. The van der Waals surface area contributed by atoms with Crippen LogP contribution in [-0.2, 0) is 16.0 Å². The number of halogens is 1. The third kappa shape index (κ3) is 11.4. The van der Waals surface area contributed by atoms with Crippen molar-refractivity contribution in [3.05, 3.63) is 126 Å². The van der Waals surface area contributed by atoms with Crippen molar-refractivity contribution in [2.45, 2.75) is 32.2 Å². The molecule has 1 heterocycles. The molecule has 8 heteroatoms. The molecule has 41 heavy (non-hydrogen) atoms. The number of hydrogen-bond donors (Lipinski definition) is 3. The van der Waals surface area contributed by atoms with E-state index in [9.17, 15) is 14.7 Å². The standard InChI is InChI=1S/C26H24ClNO4.C7H12O2/c1-3-21(27)11-7-8-17(2)19-12-13-23-20(15-19)16-24(32-23)25(29)28-22(26(30)31)14-18-9-5-4-6-10-18;1-7(3-5-8)4-6-9-2/h3-6,8-13,15-16,22H,1,7,14H2,2H3,(H,28,29)(H,30,31);3,5,8H,1,4,6H2,2H3/b17-8+,21-11+;5-3-. The number of benzene rings is 2. The third-order valence-electron chi connectivity index (χ3n) is 5.95. The first-order valence-electron chi connectivity index (χ1n) is 12.9. The lowest BCUT2D eigenvalue weighted by Crippen LogP contribution is -2.42. The number of carbonyl (C=O) groups is 2. The van der Waals surface area contributed by atoms with E-state index in [1.165, 1.54) is 0 Å². The molecule has 0 aliphatic heterocycles. The second kappa shape index (κ2) is 17.4. The number of carbonyl (C=O) groups excluding carboxylic acids is 1. The van der Waals surface area contributed by atoms with Crippen molar-refractivity contribution < 1.29 is 29.0 Å². The summed E-state index contributed by atoms with van der Waals surface area (Å²) in [6.45, 7) is 9.92. The highest BCUT2D eigenvalue weighted by atomic mass is 35.5. The molecular weight excluding hydrogens is 542 g/mol. The smallest absolute Gasteiger partial charge is 0.326 e. The molecule has 0 aliphatic rings. The minimum Gasteiger partial charge on any atom is -0.516 e. The molecule has 0 aliphatic carbocycles. The average Bonchev–Trinajstić information content (AvgIpc) is 3.40. The average molecular weight is 578 g/mol. The Labute approximate surface area is 245 Å². The van der Waals surface area contributed by atoms with Crippen molar-refractivity contribution in [2.75, 3.05) is 13.7 Å². The molecule has 3 N–H and O–H groups in total. The van der Waals surface area contributed by atoms with Crippen LogP contribution in [0, 0.1) is 0 Å². The molecule has 0 fully saturated rings. The van der Waals surface area contributed by atoms with Gasteiger partial charge in [0, 0.05) is 23.9 Å². The highest BCUT2D eigenvalue weighted by molar-refractivity contribution is 6.31. The van der Waals surface area contributed by atoms with Gasteiger partial charge < -0.3 is 24.7 Å². The van der Waals surface area contributed by atoms with E-state index in [2.05, 4.69) is 18.5 Å². The van der Waals surface area contributed by atoms with Crippen molar-refractivity contribution in [3.8, 4) is 0 Å². The highest BCUT2D eigenvalue weighted by Gasteiger charge is 2.23. The molecule has 0 spiro atoms. The number of carboxylic acid groups (broad SMARTS) is 1. The van der Waals surface area contributed by atoms with Gasteiger partial charge in [0.2, 0.25) is 0 Å². The summed E-state index contributed by atoms with van der Waals surface area (Å²) in [5.41, 5.74) is 4.29. The zero-order valence-electron chi connectivity index (χ0n) is 23.3. The number of allylic oxidation sites excluding steroid dienone is 6. The van der Waals surface area contributed by atoms with E-state index in [0.29, 0.717) is 23.6 Å². The van der Waals surface area contributed by atoms with Crippen LogP contribution in [-0.4, -0.2) is 41.8 Å². The Hall–Kier alpha value is -4.33. The lowest BCUT2D eigenvalue weighted by Gasteiger charge is -2.13. The summed E-state index contributed by atoms with van der Waals surface area (Å²) in [4.78, 5) is 24.3. The van der Waals surface area contributed by atoms with E-state index in [1.807, 2.05) is 61.5 Å². The van der Waals surface area contributed by atoms with Gasteiger partial charge in [0.15, 0.2) is 5.76 Å². The monoisotopic (exact) mass is 577 g/mol. The molecule has 3 rings (SSSR count). The van der Waals surface area contributed by atoms with Crippen LogP contribution >= 0.6 is 11.6 Å². The van der Waals surface area contributed by atoms with Gasteiger partial charge in [-0.2, -0.15) is 0 Å². The Balaban J connectivity index is 0.000000564. The summed E-state index contributed by atoms with van der Waals surface area (Å²) in [7, 11) is 1.63. The van der Waals surface area contributed by atoms with Gasteiger partial charge in [-0.1, -0.05) is 79.4 Å². The predicted octanol–water partition coefficient (Wildman–Crippen LogP) is 7.61. The van der Waals surface area contributed by atoms with Crippen molar-refractivity contribution in [3.63, 3.8) is 0 Å². The molecule has 0 saturated heterocycles. The number of methoxy groups -OCH3 is 1. The van der Waals surface area contributed by atoms with Gasteiger partial charge in [-0.3, -0.25) is 4.79 Å².